The monoisotopic (exact) mass is 184 g/mol. The molecule has 0 fully saturated rings. The number of aliphatic imine (C=N–C) groups is 1. The van der Waals surface area contributed by atoms with Gasteiger partial charge in [-0.3, -0.25) is 4.99 Å². The Kier molecular flexibility index (Phi) is 2.95. The van der Waals surface area contributed by atoms with E-state index in [0.29, 0.717) is 11.4 Å². The highest BCUT2D eigenvalue weighted by atomic mass is 19.1. The van der Waals surface area contributed by atoms with E-state index in [2.05, 4.69) is 4.99 Å². The van der Waals surface area contributed by atoms with E-state index in [9.17, 15) is 8.78 Å². The van der Waals surface area contributed by atoms with E-state index in [1.54, 1.807) is 6.92 Å². The maximum atomic E-state index is 13.0. The third kappa shape index (κ3) is 2.82. The Hall–Kier alpha value is -1.45. The summed E-state index contributed by atoms with van der Waals surface area (Å²) in [6.45, 7) is 1.76. The van der Waals surface area contributed by atoms with Gasteiger partial charge in [-0.25, -0.2) is 8.78 Å². The predicted octanol–water partition coefficient (Wildman–Crippen LogP) is 1.84. The molecule has 2 N–H and O–H groups in total. The largest absolute Gasteiger partial charge is 0.388 e. The molecule has 4 heteroatoms. The number of nitrogens with zero attached hydrogens (tertiary/aromatic N) is 1. The normalized spacial score (nSPS) is 11.8. The van der Waals surface area contributed by atoms with E-state index >= 15 is 0 Å². The molecule has 0 heterocycles. The molecule has 0 bridgehead atoms. The molecule has 2 nitrogen and oxygen atoms in total. The lowest BCUT2D eigenvalue weighted by Crippen LogP contribution is -2.05. The summed E-state index contributed by atoms with van der Waals surface area (Å²) < 4.78 is 25.4. The molecule has 13 heavy (non-hydrogen) atoms. The van der Waals surface area contributed by atoms with Gasteiger partial charge in [-0.1, -0.05) is 6.07 Å². The van der Waals surface area contributed by atoms with Gasteiger partial charge in [0.15, 0.2) is 0 Å². The van der Waals surface area contributed by atoms with E-state index in [1.807, 2.05) is 0 Å². The van der Waals surface area contributed by atoms with E-state index in [1.165, 1.54) is 12.1 Å². The van der Waals surface area contributed by atoms with Crippen molar-refractivity contribution in [3.05, 3.63) is 35.4 Å². The lowest BCUT2D eigenvalue weighted by Gasteiger charge is -1.99. The number of hydrogen-bond donors (Lipinski definition) is 1. The first-order chi connectivity index (χ1) is 6.09. The van der Waals surface area contributed by atoms with Gasteiger partial charge >= 0.3 is 0 Å². The van der Waals surface area contributed by atoms with Gasteiger partial charge in [-0.05, 0) is 13.0 Å². The molecule has 0 spiro atoms. The first kappa shape index (κ1) is 9.64. The van der Waals surface area contributed by atoms with Crippen LogP contribution < -0.4 is 5.73 Å². The molecule has 0 amide bonds. The fourth-order valence-electron chi connectivity index (χ4n) is 0.860. The second-order valence-electron chi connectivity index (χ2n) is 2.69. The summed E-state index contributed by atoms with van der Waals surface area (Å²) in [5, 5.41) is 0. The number of hydrogen-bond acceptors (Lipinski definition) is 1. The van der Waals surface area contributed by atoms with Crippen LogP contribution in [0.3, 0.4) is 0 Å². The molecular formula is C9H10F2N2. The number of halogens is 2. The van der Waals surface area contributed by atoms with Gasteiger partial charge in [-0.2, -0.15) is 0 Å². The molecule has 70 valence electrons. The highest BCUT2D eigenvalue weighted by Gasteiger charge is 2.01. The summed E-state index contributed by atoms with van der Waals surface area (Å²) >= 11 is 0. The molecule has 0 aliphatic carbocycles. The van der Waals surface area contributed by atoms with Crippen molar-refractivity contribution in [2.75, 3.05) is 0 Å². The Morgan fingerprint density at radius 3 is 2.69 bits per heavy atom. The molecule has 0 atom stereocenters. The van der Waals surface area contributed by atoms with Crippen LogP contribution in [0.4, 0.5) is 8.78 Å². The van der Waals surface area contributed by atoms with Gasteiger partial charge in [0, 0.05) is 11.6 Å². The van der Waals surface area contributed by atoms with Gasteiger partial charge in [0.25, 0.3) is 0 Å². The minimum atomic E-state index is -0.593. The second kappa shape index (κ2) is 3.98. The van der Waals surface area contributed by atoms with Crippen LogP contribution in [0.15, 0.2) is 23.2 Å². The second-order valence-corrected chi connectivity index (χ2v) is 2.69. The van der Waals surface area contributed by atoms with E-state index < -0.39 is 11.6 Å². The molecule has 0 aliphatic rings. The van der Waals surface area contributed by atoms with Gasteiger partial charge in [0.05, 0.1) is 12.4 Å². The van der Waals surface area contributed by atoms with Crippen molar-refractivity contribution < 1.29 is 8.78 Å². The summed E-state index contributed by atoms with van der Waals surface area (Å²) in [6.07, 6.45) is 0. The lowest BCUT2D eigenvalue weighted by molar-refractivity contribution is 0.572. The Bertz CT molecular complexity index is 330. The van der Waals surface area contributed by atoms with Crippen molar-refractivity contribution in [1.82, 2.24) is 0 Å². The maximum Gasteiger partial charge on any atom is 0.131 e. The van der Waals surface area contributed by atoms with Gasteiger partial charge in [0.2, 0.25) is 0 Å². The summed E-state index contributed by atoms with van der Waals surface area (Å²) in [5.41, 5.74) is 5.61. The summed E-state index contributed by atoms with van der Waals surface area (Å²) in [7, 11) is 0. The zero-order chi connectivity index (χ0) is 9.84. The Morgan fingerprint density at radius 2 is 2.15 bits per heavy atom. The molecule has 1 aromatic rings. The summed E-state index contributed by atoms with van der Waals surface area (Å²) in [6, 6.07) is 3.38. The molecular weight excluding hydrogens is 174 g/mol. The van der Waals surface area contributed by atoms with Crippen molar-refractivity contribution in [1.29, 1.82) is 0 Å². The van der Waals surface area contributed by atoms with E-state index in [0.717, 1.165) is 6.07 Å². The topological polar surface area (TPSA) is 38.4 Å². The molecule has 0 saturated carbocycles. The molecule has 0 radical (unpaired) electrons. The van der Waals surface area contributed by atoms with Crippen LogP contribution in [-0.2, 0) is 6.54 Å². The molecule has 0 saturated heterocycles. The van der Waals surface area contributed by atoms with Crippen molar-refractivity contribution >= 4 is 5.84 Å². The standard InChI is InChI=1S/C9H10F2N2/c1-6(12)13-5-7-2-3-8(10)4-9(7)11/h2-4H,5H2,1H3,(H2,12,13). The number of benzene rings is 1. The minimum absolute atomic E-state index is 0.147. The lowest BCUT2D eigenvalue weighted by atomic mass is 10.2. The SMILES string of the molecule is CC(N)=NCc1ccc(F)cc1F. The molecule has 0 aliphatic heterocycles. The first-order valence-electron chi connectivity index (χ1n) is 3.80. The predicted molar refractivity (Wildman–Crippen MR) is 47.4 cm³/mol. The fourth-order valence-corrected chi connectivity index (χ4v) is 0.860. The van der Waals surface area contributed by atoms with Crippen LogP contribution in [0, 0.1) is 11.6 Å². The van der Waals surface area contributed by atoms with E-state index in [-0.39, 0.29) is 6.54 Å². The van der Waals surface area contributed by atoms with Gasteiger partial charge in [0.1, 0.15) is 11.6 Å². The summed E-state index contributed by atoms with van der Waals surface area (Å²) in [5.74, 6) is -0.802. The van der Waals surface area contributed by atoms with Gasteiger partial charge < -0.3 is 5.73 Å². The number of amidine groups is 1. The van der Waals surface area contributed by atoms with Crippen LogP contribution in [-0.4, -0.2) is 5.84 Å². The van der Waals surface area contributed by atoms with Crippen molar-refractivity contribution in [3.8, 4) is 0 Å². The van der Waals surface area contributed by atoms with Gasteiger partial charge in [-0.15, -0.1) is 0 Å². The quantitative estimate of drug-likeness (QED) is 0.552. The van der Waals surface area contributed by atoms with Crippen LogP contribution in [0.2, 0.25) is 0 Å². The van der Waals surface area contributed by atoms with Crippen LogP contribution >= 0.6 is 0 Å². The first-order valence-corrected chi connectivity index (χ1v) is 3.80. The van der Waals surface area contributed by atoms with Crippen molar-refractivity contribution in [3.63, 3.8) is 0 Å². The highest BCUT2D eigenvalue weighted by Crippen LogP contribution is 2.10. The smallest absolute Gasteiger partial charge is 0.131 e. The molecule has 0 aromatic heterocycles. The third-order valence-electron chi connectivity index (χ3n) is 1.51. The zero-order valence-electron chi connectivity index (χ0n) is 7.22. The number of nitrogens with two attached hydrogens (primary N) is 1. The molecule has 1 aromatic carbocycles. The molecule has 0 unspecified atom stereocenters. The van der Waals surface area contributed by atoms with Crippen LogP contribution in [0.25, 0.3) is 0 Å². The average molecular weight is 184 g/mol. The Balaban J connectivity index is 2.84. The average Bonchev–Trinajstić information content (AvgIpc) is 2.02. The molecule has 1 rings (SSSR count). The highest BCUT2D eigenvalue weighted by molar-refractivity contribution is 5.77. The Labute approximate surface area is 75.1 Å². The van der Waals surface area contributed by atoms with Crippen LogP contribution in [0.1, 0.15) is 12.5 Å². The van der Waals surface area contributed by atoms with Crippen molar-refractivity contribution in [2.24, 2.45) is 10.7 Å². The van der Waals surface area contributed by atoms with Crippen molar-refractivity contribution in [2.45, 2.75) is 13.5 Å². The fraction of sp³-hybridized carbons (Fsp3) is 0.222. The summed E-state index contributed by atoms with van der Waals surface area (Å²) in [4.78, 5) is 3.82. The van der Waals surface area contributed by atoms with Crippen LogP contribution in [0.5, 0.6) is 0 Å². The number of rotatable bonds is 2. The van der Waals surface area contributed by atoms with E-state index in [4.69, 9.17) is 5.73 Å². The third-order valence-corrected chi connectivity index (χ3v) is 1.51. The maximum absolute atomic E-state index is 13.0. The Morgan fingerprint density at radius 1 is 1.46 bits per heavy atom. The minimum Gasteiger partial charge on any atom is -0.388 e. The zero-order valence-corrected chi connectivity index (χ0v) is 7.22.